The number of aliphatic hydroxyl groups excluding tert-OH is 1. The van der Waals surface area contributed by atoms with Gasteiger partial charge in [-0.2, -0.15) is 0 Å². The van der Waals surface area contributed by atoms with Crippen molar-refractivity contribution in [2.45, 2.75) is 6.92 Å². The fourth-order valence-corrected chi connectivity index (χ4v) is 3.40. The zero-order valence-electron chi connectivity index (χ0n) is 13.7. The molecule has 126 valence electrons. The summed E-state index contributed by atoms with van der Waals surface area (Å²) in [5, 5.41) is 9.65. The molecule has 6 heteroatoms. The first-order valence-electron chi connectivity index (χ1n) is 8.07. The Labute approximate surface area is 145 Å². The molecule has 1 aliphatic heterocycles. The number of benzene rings is 1. The molecule has 0 amide bonds. The first-order valence-corrected chi connectivity index (χ1v) is 8.95. The van der Waals surface area contributed by atoms with Gasteiger partial charge in [0, 0.05) is 25.3 Å². The number of ether oxygens (including phenoxy) is 1. The summed E-state index contributed by atoms with van der Waals surface area (Å²) in [7, 11) is 0. The molecule has 2 aromatic heterocycles. The van der Waals surface area contributed by atoms with Crippen LogP contribution in [0, 0.1) is 0 Å². The van der Waals surface area contributed by atoms with Gasteiger partial charge in [-0.15, -0.1) is 11.3 Å². The Bertz CT molecular complexity index is 770. The van der Waals surface area contributed by atoms with E-state index in [9.17, 15) is 0 Å². The van der Waals surface area contributed by atoms with Crippen LogP contribution in [0.1, 0.15) is 6.92 Å². The zero-order valence-corrected chi connectivity index (χ0v) is 14.5. The van der Waals surface area contributed by atoms with Gasteiger partial charge in [-0.1, -0.05) is 30.3 Å². The minimum absolute atomic E-state index is 0.250. The van der Waals surface area contributed by atoms with Gasteiger partial charge in [0.05, 0.1) is 23.4 Å². The molecule has 1 aliphatic rings. The molecule has 1 aromatic carbocycles. The maximum absolute atomic E-state index is 7.57. The molecule has 0 aliphatic carbocycles. The van der Waals surface area contributed by atoms with Crippen molar-refractivity contribution in [2.75, 3.05) is 37.8 Å². The second kappa shape index (κ2) is 8.19. The van der Waals surface area contributed by atoms with Crippen molar-refractivity contribution in [3.05, 3.63) is 41.8 Å². The fraction of sp³-hybridized carbons (Fsp3) is 0.333. The molecule has 1 saturated heterocycles. The molecule has 1 fully saturated rings. The zero-order chi connectivity index (χ0) is 16.8. The largest absolute Gasteiger partial charge is 0.397 e. The Morgan fingerprint density at radius 3 is 2.54 bits per heavy atom. The van der Waals surface area contributed by atoms with Gasteiger partial charge >= 0.3 is 0 Å². The number of rotatable bonds is 2. The van der Waals surface area contributed by atoms with Crippen LogP contribution in [0.25, 0.3) is 21.6 Å². The van der Waals surface area contributed by atoms with Crippen molar-refractivity contribution in [1.82, 2.24) is 9.97 Å². The standard InChI is InChI=1S/C16H15N3OS.C2H6O/c1-2-4-12(5-3-1)15-17-13-6-11-21-14(13)16(18-15)19-7-9-20-10-8-19;1-2-3/h1-6,11H,7-10H2;3H,2H2,1H3. The van der Waals surface area contributed by atoms with Gasteiger partial charge in [0.1, 0.15) is 0 Å². The highest BCUT2D eigenvalue weighted by atomic mass is 32.1. The molecule has 0 atom stereocenters. The Balaban J connectivity index is 0.000000526. The number of fused-ring (bicyclic) bond motifs is 1. The molecule has 4 rings (SSSR count). The van der Waals surface area contributed by atoms with Gasteiger partial charge in [0.2, 0.25) is 0 Å². The van der Waals surface area contributed by atoms with Gasteiger partial charge in [-0.3, -0.25) is 0 Å². The van der Waals surface area contributed by atoms with Crippen LogP contribution in [0.15, 0.2) is 41.8 Å². The van der Waals surface area contributed by atoms with Gasteiger partial charge < -0.3 is 14.7 Å². The number of morpholine rings is 1. The lowest BCUT2D eigenvalue weighted by Crippen LogP contribution is -2.36. The van der Waals surface area contributed by atoms with E-state index in [0.717, 1.165) is 53.7 Å². The maximum Gasteiger partial charge on any atom is 0.162 e. The van der Waals surface area contributed by atoms with E-state index in [-0.39, 0.29) is 6.61 Å². The molecule has 0 unspecified atom stereocenters. The lowest BCUT2D eigenvalue weighted by Gasteiger charge is -2.28. The summed E-state index contributed by atoms with van der Waals surface area (Å²) in [6.45, 7) is 5.23. The molecule has 0 radical (unpaired) electrons. The molecular formula is C18H21N3O2S. The van der Waals surface area contributed by atoms with Gasteiger partial charge in [0.25, 0.3) is 0 Å². The van der Waals surface area contributed by atoms with Crippen molar-refractivity contribution in [2.24, 2.45) is 0 Å². The monoisotopic (exact) mass is 343 g/mol. The number of anilines is 1. The molecule has 3 aromatic rings. The average molecular weight is 343 g/mol. The van der Waals surface area contributed by atoms with Gasteiger partial charge in [0.15, 0.2) is 11.6 Å². The summed E-state index contributed by atoms with van der Waals surface area (Å²) in [6, 6.07) is 12.2. The predicted octanol–water partition coefficient (Wildman–Crippen LogP) is 3.19. The van der Waals surface area contributed by atoms with Crippen LogP contribution in [0.3, 0.4) is 0 Å². The topological polar surface area (TPSA) is 58.5 Å². The van der Waals surface area contributed by atoms with E-state index in [2.05, 4.69) is 28.5 Å². The molecule has 24 heavy (non-hydrogen) atoms. The summed E-state index contributed by atoms with van der Waals surface area (Å²) in [5.41, 5.74) is 2.08. The number of nitrogens with zero attached hydrogens (tertiary/aromatic N) is 3. The summed E-state index contributed by atoms with van der Waals surface area (Å²) < 4.78 is 6.61. The first kappa shape index (κ1) is 16.8. The van der Waals surface area contributed by atoms with E-state index >= 15 is 0 Å². The number of aliphatic hydroxyl groups is 1. The third kappa shape index (κ3) is 3.72. The molecule has 0 spiro atoms. The van der Waals surface area contributed by atoms with E-state index in [1.807, 2.05) is 18.2 Å². The van der Waals surface area contributed by atoms with Crippen LogP contribution >= 0.6 is 11.3 Å². The average Bonchev–Trinajstić information content (AvgIpc) is 3.12. The fourth-order valence-electron chi connectivity index (χ4n) is 2.55. The molecule has 0 saturated carbocycles. The van der Waals surface area contributed by atoms with Gasteiger partial charge in [-0.25, -0.2) is 9.97 Å². The Morgan fingerprint density at radius 1 is 1.12 bits per heavy atom. The molecule has 0 bridgehead atoms. The third-order valence-electron chi connectivity index (χ3n) is 3.63. The Kier molecular flexibility index (Phi) is 5.74. The van der Waals surface area contributed by atoms with E-state index in [1.54, 1.807) is 18.3 Å². The quantitative estimate of drug-likeness (QED) is 0.774. The summed E-state index contributed by atoms with van der Waals surface area (Å²) >= 11 is 1.70. The Morgan fingerprint density at radius 2 is 1.83 bits per heavy atom. The SMILES string of the molecule is CCO.c1ccc(-c2nc(N3CCOCC3)c3sccc3n2)cc1. The summed E-state index contributed by atoms with van der Waals surface area (Å²) in [5.74, 6) is 1.83. The van der Waals surface area contributed by atoms with E-state index < -0.39 is 0 Å². The highest BCUT2D eigenvalue weighted by molar-refractivity contribution is 7.17. The highest BCUT2D eigenvalue weighted by Crippen LogP contribution is 2.31. The lowest BCUT2D eigenvalue weighted by molar-refractivity contribution is 0.122. The van der Waals surface area contributed by atoms with Crippen LogP contribution in [-0.4, -0.2) is 48.0 Å². The van der Waals surface area contributed by atoms with Crippen molar-refractivity contribution >= 4 is 27.4 Å². The first-order chi connectivity index (χ1) is 11.8. The molecular weight excluding hydrogens is 322 g/mol. The van der Waals surface area contributed by atoms with E-state index in [4.69, 9.17) is 19.8 Å². The van der Waals surface area contributed by atoms with Crippen molar-refractivity contribution in [3.8, 4) is 11.4 Å². The molecule has 3 heterocycles. The number of thiophene rings is 1. The van der Waals surface area contributed by atoms with Crippen molar-refractivity contribution < 1.29 is 9.84 Å². The smallest absolute Gasteiger partial charge is 0.162 e. The predicted molar refractivity (Wildman–Crippen MR) is 98.6 cm³/mol. The third-order valence-corrected chi connectivity index (χ3v) is 4.53. The number of hydrogen-bond acceptors (Lipinski definition) is 6. The second-order valence-corrected chi connectivity index (χ2v) is 6.20. The minimum atomic E-state index is 0.250. The van der Waals surface area contributed by atoms with Crippen LogP contribution in [-0.2, 0) is 4.74 Å². The number of hydrogen-bond donors (Lipinski definition) is 1. The second-order valence-electron chi connectivity index (χ2n) is 5.29. The van der Waals surface area contributed by atoms with Crippen molar-refractivity contribution in [1.29, 1.82) is 0 Å². The van der Waals surface area contributed by atoms with Crippen LogP contribution in [0.4, 0.5) is 5.82 Å². The van der Waals surface area contributed by atoms with Crippen LogP contribution < -0.4 is 4.90 Å². The van der Waals surface area contributed by atoms with Gasteiger partial charge in [-0.05, 0) is 18.4 Å². The lowest BCUT2D eigenvalue weighted by atomic mass is 10.2. The minimum Gasteiger partial charge on any atom is -0.397 e. The summed E-state index contributed by atoms with van der Waals surface area (Å²) in [4.78, 5) is 11.8. The van der Waals surface area contributed by atoms with Crippen LogP contribution in [0.2, 0.25) is 0 Å². The molecule has 5 nitrogen and oxygen atoms in total. The van der Waals surface area contributed by atoms with E-state index in [1.165, 1.54) is 0 Å². The Hall–Kier alpha value is -2.02. The van der Waals surface area contributed by atoms with Crippen molar-refractivity contribution in [3.63, 3.8) is 0 Å². The normalized spacial score (nSPS) is 14.3. The summed E-state index contributed by atoms with van der Waals surface area (Å²) in [6.07, 6.45) is 0. The van der Waals surface area contributed by atoms with Crippen LogP contribution in [0.5, 0.6) is 0 Å². The maximum atomic E-state index is 7.57. The highest BCUT2D eigenvalue weighted by Gasteiger charge is 2.18. The number of aromatic nitrogens is 2. The van der Waals surface area contributed by atoms with E-state index in [0.29, 0.717) is 0 Å². The molecule has 1 N–H and O–H groups in total.